The van der Waals surface area contributed by atoms with Crippen LogP contribution in [0.4, 0.5) is 0 Å². The second kappa shape index (κ2) is 3.98. The number of hydrogen-bond donors (Lipinski definition) is 1. The number of thiophene rings is 1. The van der Waals surface area contributed by atoms with Crippen LogP contribution in [0.2, 0.25) is 0 Å². The van der Waals surface area contributed by atoms with Crippen LogP contribution in [0.15, 0.2) is 42.9 Å². The number of carbonyl (C=O) groups excluding carboxylic acids is 1. The number of amides is 1. The standard InChI is InChI=1S/C15H9N3OS/c16-15(19)10-3-1-2-9-11-5-12-8(6-17-7-18-12)4-13(11)20-14(9)10/h1-7H,(H2,16,19). The quantitative estimate of drug-likeness (QED) is 0.582. The number of hydrogen-bond acceptors (Lipinski definition) is 4. The van der Waals surface area contributed by atoms with Crippen molar-refractivity contribution >= 4 is 48.3 Å². The molecule has 0 unspecified atom stereocenters. The Hall–Kier alpha value is -2.53. The van der Waals surface area contributed by atoms with Gasteiger partial charge in [0.15, 0.2) is 0 Å². The average Bonchev–Trinajstić information content (AvgIpc) is 2.82. The molecule has 2 N–H and O–H groups in total. The van der Waals surface area contributed by atoms with Crippen LogP contribution in [0.25, 0.3) is 31.1 Å². The molecule has 1 amide bonds. The summed E-state index contributed by atoms with van der Waals surface area (Å²) in [4.78, 5) is 19.8. The van der Waals surface area contributed by atoms with Crippen molar-refractivity contribution in [3.8, 4) is 0 Å². The monoisotopic (exact) mass is 279 g/mol. The van der Waals surface area contributed by atoms with Crippen molar-refractivity contribution in [1.29, 1.82) is 0 Å². The van der Waals surface area contributed by atoms with Crippen LogP contribution >= 0.6 is 11.3 Å². The third-order valence-corrected chi connectivity index (χ3v) is 4.59. The SMILES string of the molecule is NC(=O)c1cccc2c1sc1cc3cncnc3cc12. The van der Waals surface area contributed by atoms with Gasteiger partial charge in [-0.1, -0.05) is 12.1 Å². The van der Waals surface area contributed by atoms with E-state index >= 15 is 0 Å². The lowest BCUT2D eigenvalue weighted by atomic mass is 10.1. The van der Waals surface area contributed by atoms with Crippen LogP contribution in [-0.2, 0) is 0 Å². The molecule has 20 heavy (non-hydrogen) atoms. The molecule has 2 aromatic carbocycles. The Balaban J connectivity index is 2.21. The number of rotatable bonds is 1. The highest BCUT2D eigenvalue weighted by molar-refractivity contribution is 7.26. The van der Waals surface area contributed by atoms with E-state index in [9.17, 15) is 4.79 Å². The first-order valence-electron chi connectivity index (χ1n) is 6.09. The molecule has 4 aromatic rings. The third kappa shape index (κ3) is 1.50. The number of fused-ring (bicyclic) bond motifs is 4. The molecule has 4 rings (SSSR count). The maximum atomic E-state index is 11.5. The Morgan fingerprint density at radius 3 is 2.95 bits per heavy atom. The Kier molecular flexibility index (Phi) is 2.25. The fourth-order valence-corrected chi connectivity index (χ4v) is 3.72. The Morgan fingerprint density at radius 1 is 1.20 bits per heavy atom. The van der Waals surface area contributed by atoms with Gasteiger partial charge in [-0.25, -0.2) is 9.97 Å². The number of primary amides is 1. The molecule has 2 aromatic heterocycles. The Bertz CT molecular complexity index is 990. The predicted molar refractivity (Wildman–Crippen MR) is 80.9 cm³/mol. The maximum Gasteiger partial charge on any atom is 0.250 e. The van der Waals surface area contributed by atoms with E-state index in [1.807, 2.05) is 18.2 Å². The summed E-state index contributed by atoms with van der Waals surface area (Å²) < 4.78 is 2.04. The lowest BCUT2D eigenvalue weighted by Gasteiger charge is -1.98. The molecule has 0 bridgehead atoms. The number of aromatic nitrogens is 2. The number of benzene rings is 2. The van der Waals surface area contributed by atoms with E-state index in [-0.39, 0.29) is 0 Å². The smallest absolute Gasteiger partial charge is 0.250 e. The van der Waals surface area contributed by atoms with Crippen LogP contribution in [0.1, 0.15) is 10.4 Å². The van der Waals surface area contributed by atoms with E-state index in [0.717, 1.165) is 31.1 Å². The van der Waals surface area contributed by atoms with Gasteiger partial charge in [-0.3, -0.25) is 4.79 Å². The van der Waals surface area contributed by atoms with Gasteiger partial charge in [0.2, 0.25) is 5.91 Å². The Morgan fingerprint density at radius 2 is 2.10 bits per heavy atom. The largest absolute Gasteiger partial charge is 0.366 e. The van der Waals surface area contributed by atoms with Gasteiger partial charge in [-0.15, -0.1) is 11.3 Å². The average molecular weight is 279 g/mol. The molecule has 0 saturated heterocycles. The number of carbonyl (C=O) groups is 1. The predicted octanol–water partition coefficient (Wildman–Crippen LogP) is 3.10. The fraction of sp³-hybridized carbons (Fsp3) is 0. The first kappa shape index (κ1) is 11.3. The maximum absolute atomic E-state index is 11.5. The molecule has 5 heteroatoms. The molecule has 0 aliphatic rings. The molecule has 0 atom stereocenters. The highest BCUT2D eigenvalue weighted by atomic mass is 32.1. The molecule has 96 valence electrons. The molecule has 4 nitrogen and oxygen atoms in total. The van der Waals surface area contributed by atoms with Crippen molar-refractivity contribution in [2.24, 2.45) is 5.73 Å². The molecule has 0 spiro atoms. The van der Waals surface area contributed by atoms with Gasteiger partial charge >= 0.3 is 0 Å². The summed E-state index contributed by atoms with van der Waals surface area (Å²) in [6, 6.07) is 9.72. The third-order valence-electron chi connectivity index (χ3n) is 3.39. The molecule has 0 radical (unpaired) electrons. The highest BCUT2D eigenvalue weighted by Gasteiger charge is 2.12. The number of nitrogens with zero attached hydrogens (tertiary/aromatic N) is 2. The first-order valence-corrected chi connectivity index (χ1v) is 6.90. The fourth-order valence-electron chi connectivity index (χ4n) is 2.47. The highest BCUT2D eigenvalue weighted by Crippen LogP contribution is 2.37. The molecular weight excluding hydrogens is 270 g/mol. The van der Waals surface area contributed by atoms with Gasteiger partial charge in [0.25, 0.3) is 0 Å². The molecular formula is C15H9N3OS. The van der Waals surface area contributed by atoms with E-state index in [0.29, 0.717) is 5.56 Å². The van der Waals surface area contributed by atoms with Crippen molar-refractivity contribution in [3.63, 3.8) is 0 Å². The zero-order valence-corrected chi connectivity index (χ0v) is 11.1. The van der Waals surface area contributed by atoms with Gasteiger partial charge in [0, 0.05) is 31.8 Å². The van der Waals surface area contributed by atoms with E-state index in [1.54, 1.807) is 23.6 Å². The van der Waals surface area contributed by atoms with Gasteiger partial charge < -0.3 is 5.73 Å². The van der Waals surface area contributed by atoms with Crippen molar-refractivity contribution in [3.05, 3.63) is 48.4 Å². The van der Waals surface area contributed by atoms with Crippen LogP contribution in [0, 0.1) is 0 Å². The van der Waals surface area contributed by atoms with E-state index in [2.05, 4.69) is 16.0 Å². The molecule has 2 heterocycles. The lowest BCUT2D eigenvalue weighted by Crippen LogP contribution is -2.10. The minimum atomic E-state index is -0.397. The summed E-state index contributed by atoms with van der Waals surface area (Å²) >= 11 is 1.58. The van der Waals surface area contributed by atoms with Crippen LogP contribution in [0.5, 0.6) is 0 Å². The van der Waals surface area contributed by atoms with Crippen LogP contribution in [0.3, 0.4) is 0 Å². The summed E-state index contributed by atoms with van der Waals surface area (Å²) in [6.07, 6.45) is 3.33. The topological polar surface area (TPSA) is 68.9 Å². The summed E-state index contributed by atoms with van der Waals surface area (Å²) in [5.74, 6) is -0.397. The molecule has 0 aliphatic heterocycles. The minimum absolute atomic E-state index is 0.397. The zero-order valence-electron chi connectivity index (χ0n) is 10.3. The molecule has 0 fully saturated rings. The lowest BCUT2D eigenvalue weighted by molar-refractivity contribution is 0.100. The van der Waals surface area contributed by atoms with Gasteiger partial charge in [-0.05, 0) is 18.2 Å². The van der Waals surface area contributed by atoms with Crippen LogP contribution in [-0.4, -0.2) is 15.9 Å². The summed E-state index contributed by atoms with van der Waals surface area (Å²) in [6.45, 7) is 0. The van der Waals surface area contributed by atoms with E-state index in [4.69, 9.17) is 5.73 Å². The summed E-state index contributed by atoms with van der Waals surface area (Å²) in [7, 11) is 0. The van der Waals surface area contributed by atoms with Crippen molar-refractivity contribution in [2.45, 2.75) is 0 Å². The molecule has 0 saturated carbocycles. The summed E-state index contributed by atoms with van der Waals surface area (Å²) in [5.41, 5.74) is 6.91. The van der Waals surface area contributed by atoms with Crippen molar-refractivity contribution in [2.75, 3.05) is 0 Å². The van der Waals surface area contributed by atoms with Crippen LogP contribution < -0.4 is 5.73 Å². The second-order valence-electron chi connectivity index (χ2n) is 4.58. The molecule has 0 aliphatic carbocycles. The second-order valence-corrected chi connectivity index (χ2v) is 5.63. The zero-order chi connectivity index (χ0) is 13.7. The van der Waals surface area contributed by atoms with Crippen molar-refractivity contribution < 1.29 is 4.79 Å². The van der Waals surface area contributed by atoms with Gasteiger partial charge in [0.1, 0.15) is 6.33 Å². The first-order chi connectivity index (χ1) is 9.74. The van der Waals surface area contributed by atoms with Gasteiger partial charge in [0.05, 0.1) is 11.1 Å². The van der Waals surface area contributed by atoms with E-state index in [1.165, 1.54) is 6.33 Å². The van der Waals surface area contributed by atoms with E-state index < -0.39 is 5.91 Å². The normalized spacial score (nSPS) is 11.4. The Labute approximate surface area is 117 Å². The summed E-state index contributed by atoms with van der Waals surface area (Å²) in [5, 5.41) is 3.13. The van der Waals surface area contributed by atoms with Crippen molar-refractivity contribution in [1.82, 2.24) is 9.97 Å². The minimum Gasteiger partial charge on any atom is -0.366 e. The number of nitrogens with two attached hydrogens (primary N) is 1. The van der Waals surface area contributed by atoms with Gasteiger partial charge in [-0.2, -0.15) is 0 Å².